The normalized spacial score (nSPS) is 12.5. The molecule has 0 fully saturated rings. The smallest absolute Gasteiger partial charge is 0.163 e. The van der Waals surface area contributed by atoms with E-state index in [4.69, 9.17) is 0 Å². The average molecular weight is 432 g/mol. The van der Waals surface area contributed by atoms with Crippen LogP contribution in [0.2, 0.25) is 0 Å². The number of imidazole rings is 1. The molecule has 0 atom stereocenters. The van der Waals surface area contributed by atoms with Crippen LogP contribution in [0.1, 0.15) is 0 Å². The van der Waals surface area contributed by atoms with Gasteiger partial charge in [-0.3, -0.25) is 9.38 Å². The Morgan fingerprint density at radius 3 is 2.58 bits per heavy atom. The Labute approximate surface area is 183 Å². The molecule has 0 unspecified atom stereocenters. The summed E-state index contributed by atoms with van der Waals surface area (Å²) in [5.41, 5.74) is 3.04. The fourth-order valence-corrected chi connectivity index (χ4v) is 7.42. The number of nitrogens with zero attached hydrogens (tertiary/aromatic N) is 3. The summed E-state index contributed by atoms with van der Waals surface area (Å²) in [7, 11) is 0. The van der Waals surface area contributed by atoms with E-state index < -0.39 is 0 Å². The van der Waals surface area contributed by atoms with Crippen LogP contribution in [-0.4, -0.2) is 14.4 Å². The van der Waals surface area contributed by atoms with Crippen LogP contribution in [-0.2, 0) is 0 Å². The van der Waals surface area contributed by atoms with Crippen LogP contribution in [0.4, 0.5) is 0 Å². The van der Waals surface area contributed by atoms with Crippen molar-refractivity contribution in [2.45, 2.75) is 0 Å². The summed E-state index contributed by atoms with van der Waals surface area (Å²) in [5, 5.41) is 7.78. The van der Waals surface area contributed by atoms with Crippen molar-refractivity contribution in [2.75, 3.05) is 0 Å². The summed E-state index contributed by atoms with van der Waals surface area (Å²) >= 11 is 3.78. The van der Waals surface area contributed by atoms with Gasteiger partial charge in [0.25, 0.3) is 0 Å². The first kappa shape index (κ1) is 16.2. The van der Waals surface area contributed by atoms with Crippen molar-refractivity contribution in [1.82, 2.24) is 14.4 Å². The maximum Gasteiger partial charge on any atom is 0.163 e. The first-order valence-electron chi connectivity index (χ1n) is 10.2. The van der Waals surface area contributed by atoms with Crippen LogP contribution < -0.4 is 0 Å². The van der Waals surface area contributed by atoms with E-state index in [2.05, 4.69) is 69.0 Å². The van der Waals surface area contributed by atoms with E-state index >= 15 is 0 Å². The summed E-state index contributed by atoms with van der Waals surface area (Å²) in [6.07, 6.45) is 5.75. The van der Waals surface area contributed by atoms with Crippen molar-refractivity contribution in [1.29, 1.82) is 0 Å². The summed E-state index contributed by atoms with van der Waals surface area (Å²) in [4.78, 5) is 9.25. The summed E-state index contributed by atoms with van der Waals surface area (Å²) in [6.45, 7) is 0. The summed E-state index contributed by atoms with van der Waals surface area (Å²) < 4.78 is 7.55. The molecule has 0 N–H and O–H groups in total. The van der Waals surface area contributed by atoms with E-state index in [1.807, 2.05) is 47.3 Å². The van der Waals surface area contributed by atoms with Crippen LogP contribution in [0.5, 0.6) is 0 Å². The number of hydrogen-bond donors (Lipinski definition) is 0. The molecule has 5 heteroatoms. The Balaban J connectivity index is 1.65. The standard InChI is InChI=1S/C26H13N3S2/c1-2-6-20-14(4-1)16-7-8-21-23(25(16)31-20)18-12-17-15-5-3-9-27-24(15)26-28-10-11-29(26)19(17)13-22(18)30-21/h1-13H. The second-order valence-corrected chi connectivity index (χ2v) is 10.0. The predicted molar refractivity (Wildman–Crippen MR) is 134 cm³/mol. The second-order valence-electron chi connectivity index (χ2n) is 7.90. The topological polar surface area (TPSA) is 30.2 Å². The molecule has 0 amide bonds. The van der Waals surface area contributed by atoms with Gasteiger partial charge in [0.1, 0.15) is 5.52 Å². The quantitative estimate of drug-likeness (QED) is 0.230. The summed E-state index contributed by atoms with van der Waals surface area (Å²) in [6, 6.07) is 22.2. The van der Waals surface area contributed by atoms with Gasteiger partial charge in [-0.05, 0) is 30.3 Å². The lowest BCUT2D eigenvalue weighted by Gasteiger charge is -2.08. The minimum Gasteiger partial charge on any atom is -0.298 e. The lowest BCUT2D eigenvalue weighted by atomic mass is 10.0. The lowest BCUT2D eigenvalue weighted by Crippen LogP contribution is -1.91. The molecule has 0 bridgehead atoms. The Bertz CT molecular complexity index is 2010. The van der Waals surface area contributed by atoms with Gasteiger partial charge in [0.05, 0.1) is 5.52 Å². The molecule has 3 nitrogen and oxygen atoms in total. The van der Waals surface area contributed by atoms with Gasteiger partial charge >= 0.3 is 0 Å². The van der Waals surface area contributed by atoms with Gasteiger partial charge in [0.2, 0.25) is 0 Å². The molecule has 0 saturated carbocycles. The van der Waals surface area contributed by atoms with Crippen LogP contribution in [0.15, 0.2) is 79.3 Å². The highest BCUT2D eigenvalue weighted by Crippen LogP contribution is 2.45. The van der Waals surface area contributed by atoms with E-state index in [9.17, 15) is 0 Å². The molecule has 0 radical (unpaired) electrons. The molecule has 5 heterocycles. The molecule has 5 aromatic heterocycles. The monoisotopic (exact) mass is 431 g/mol. The third-order valence-electron chi connectivity index (χ3n) is 6.31. The fourth-order valence-electron chi connectivity index (χ4n) is 4.97. The van der Waals surface area contributed by atoms with E-state index in [0.29, 0.717) is 0 Å². The van der Waals surface area contributed by atoms with Crippen LogP contribution in [0.25, 0.3) is 67.8 Å². The third kappa shape index (κ3) is 1.98. The maximum absolute atomic E-state index is 4.66. The van der Waals surface area contributed by atoms with Crippen LogP contribution in [0.3, 0.4) is 0 Å². The number of pyridine rings is 2. The van der Waals surface area contributed by atoms with Crippen molar-refractivity contribution in [3.8, 4) is 0 Å². The van der Waals surface area contributed by atoms with Crippen molar-refractivity contribution in [2.24, 2.45) is 0 Å². The zero-order valence-electron chi connectivity index (χ0n) is 16.2. The highest BCUT2D eigenvalue weighted by molar-refractivity contribution is 7.29. The first-order valence-corrected chi connectivity index (χ1v) is 11.8. The zero-order chi connectivity index (χ0) is 20.1. The fraction of sp³-hybridized carbons (Fsp3) is 0. The number of hydrogen-bond acceptors (Lipinski definition) is 4. The highest BCUT2D eigenvalue weighted by Gasteiger charge is 2.16. The second kappa shape index (κ2) is 5.58. The van der Waals surface area contributed by atoms with E-state index in [1.54, 1.807) is 0 Å². The minimum atomic E-state index is 0.912. The molecular weight excluding hydrogens is 418 g/mol. The molecule has 0 saturated heterocycles. The van der Waals surface area contributed by atoms with Crippen molar-refractivity contribution >= 4 is 90.5 Å². The Morgan fingerprint density at radius 1 is 0.645 bits per heavy atom. The van der Waals surface area contributed by atoms with Gasteiger partial charge in [-0.1, -0.05) is 30.3 Å². The number of thiophene rings is 2. The molecule has 31 heavy (non-hydrogen) atoms. The van der Waals surface area contributed by atoms with E-state index in [1.165, 1.54) is 51.2 Å². The first-order chi connectivity index (χ1) is 15.4. The highest BCUT2D eigenvalue weighted by atomic mass is 32.1. The Kier molecular flexibility index (Phi) is 2.91. The van der Waals surface area contributed by atoms with E-state index in [0.717, 1.165) is 16.6 Å². The van der Waals surface area contributed by atoms with Crippen molar-refractivity contribution in [3.63, 3.8) is 0 Å². The lowest BCUT2D eigenvalue weighted by molar-refractivity contribution is 1.26. The number of fused-ring (bicyclic) bond motifs is 13. The number of benzene rings is 3. The molecular formula is C26H13N3S2. The molecule has 0 spiro atoms. The molecule has 0 aliphatic rings. The molecule has 3 aromatic carbocycles. The number of aromatic nitrogens is 3. The van der Waals surface area contributed by atoms with E-state index in [-0.39, 0.29) is 0 Å². The van der Waals surface area contributed by atoms with Gasteiger partial charge in [0.15, 0.2) is 5.65 Å². The zero-order valence-corrected chi connectivity index (χ0v) is 17.8. The predicted octanol–water partition coefficient (Wildman–Crippen LogP) is 7.77. The molecule has 0 aliphatic carbocycles. The SMILES string of the molecule is c1ccc2c(c1)sc1c2ccc2sc3cc4c(cc3c21)c1cccnc1c1nccn41. The largest absolute Gasteiger partial charge is 0.298 e. The van der Waals surface area contributed by atoms with Crippen LogP contribution in [0, 0.1) is 0 Å². The summed E-state index contributed by atoms with van der Waals surface area (Å²) in [5.74, 6) is 0. The van der Waals surface area contributed by atoms with Gasteiger partial charge < -0.3 is 0 Å². The number of rotatable bonds is 0. The van der Waals surface area contributed by atoms with Crippen molar-refractivity contribution in [3.05, 3.63) is 79.3 Å². The van der Waals surface area contributed by atoms with Gasteiger partial charge in [-0.25, -0.2) is 4.98 Å². The molecule has 0 aliphatic heterocycles. The van der Waals surface area contributed by atoms with Gasteiger partial charge in [-0.15, -0.1) is 22.7 Å². The van der Waals surface area contributed by atoms with Gasteiger partial charge in [-0.2, -0.15) is 0 Å². The maximum atomic E-state index is 4.66. The minimum absolute atomic E-state index is 0.912. The van der Waals surface area contributed by atoms with Gasteiger partial charge in [0, 0.05) is 69.7 Å². The molecule has 8 rings (SSSR count). The molecule has 8 aromatic rings. The van der Waals surface area contributed by atoms with Crippen molar-refractivity contribution < 1.29 is 0 Å². The average Bonchev–Trinajstić information content (AvgIpc) is 3.52. The molecule has 144 valence electrons. The van der Waals surface area contributed by atoms with Crippen LogP contribution >= 0.6 is 22.7 Å². The third-order valence-corrected chi connectivity index (χ3v) is 8.63. The Hall–Kier alpha value is -3.54. The Morgan fingerprint density at radius 2 is 1.58 bits per heavy atom.